The lowest BCUT2D eigenvalue weighted by molar-refractivity contribution is 0.0781. The van der Waals surface area contributed by atoms with Crippen molar-refractivity contribution < 1.29 is 4.79 Å². The summed E-state index contributed by atoms with van der Waals surface area (Å²) in [5.41, 5.74) is 1.50. The van der Waals surface area contributed by atoms with Crippen molar-refractivity contribution in [1.29, 1.82) is 0 Å². The number of aromatic nitrogens is 1. The average molecular weight is 261 g/mol. The zero-order valence-electron chi connectivity index (χ0n) is 12.0. The summed E-state index contributed by atoms with van der Waals surface area (Å²) in [6, 6.07) is 3.72. The van der Waals surface area contributed by atoms with Gasteiger partial charge in [0.05, 0.1) is 11.9 Å². The second-order valence-electron chi connectivity index (χ2n) is 5.52. The second-order valence-corrected chi connectivity index (χ2v) is 5.52. The predicted molar refractivity (Wildman–Crippen MR) is 77.2 cm³/mol. The van der Waals surface area contributed by atoms with Crippen LogP contribution in [0.4, 0.5) is 5.69 Å². The van der Waals surface area contributed by atoms with E-state index in [1.807, 2.05) is 13.1 Å². The molecule has 104 valence electrons. The van der Waals surface area contributed by atoms with Crippen LogP contribution >= 0.6 is 0 Å². The Morgan fingerprint density at radius 3 is 2.79 bits per heavy atom. The third kappa shape index (κ3) is 3.69. The highest BCUT2D eigenvalue weighted by atomic mass is 16.2. The summed E-state index contributed by atoms with van der Waals surface area (Å²) in [7, 11) is 1.86. The molecule has 1 aromatic heterocycles. The van der Waals surface area contributed by atoms with E-state index in [2.05, 4.69) is 24.1 Å². The molecule has 1 saturated carbocycles. The maximum atomic E-state index is 12.2. The molecule has 4 heteroatoms. The van der Waals surface area contributed by atoms with Crippen molar-refractivity contribution in [2.24, 2.45) is 11.8 Å². The van der Waals surface area contributed by atoms with Crippen LogP contribution in [0.15, 0.2) is 18.3 Å². The molecule has 0 saturated heterocycles. The molecule has 1 heterocycles. The van der Waals surface area contributed by atoms with Gasteiger partial charge in [0, 0.05) is 20.1 Å². The summed E-state index contributed by atoms with van der Waals surface area (Å²) in [5, 5.41) is 3.25. The molecule has 2 unspecified atom stereocenters. The minimum absolute atomic E-state index is 0.0149. The standard InChI is InChI=1S/C15H23N3O/c1-4-7-16-13-5-6-14(17-9-13)15(19)18(3)10-12-8-11(12)2/h5-6,9,11-12,16H,4,7-8,10H2,1-3H3. The fourth-order valence-corrected chi connectivity index (χ4v) is 2.18. The van der Waals surface area contributed by atoms with Gasteiger partial charge in [0.1, 0.15) is 5.69 Å². The molecule has 1 aromatic rings. The largest absolute Gasteiger partial charge is 0.384 e. The number of pyridine rings is 1. The average Bonchev–Trinajstić information content (AvgIpc) is 3.11. The first-order valence-electron chi connectivity index (χ1n) is 7.07. The predicted octanol–water partition coefficient (Wildman–Crippen LogP) is 2.63. The van der Waals surface area contributed by atoms with E-state index < -0.39 is 0 Å². The van der Waals surface area contributed by atoms with E-state index in [4.69, 9.17) is 0 Å². The first kappa shape index (κ1) is 13.8. The van der Waals surface area contributed by atoms with Crippen molar-refractivity contribution in [2.45, 2.75) is 26.7 Å². The Morgan fingerprint density at radius 2 is 2.26 bits per heavy atom. The summed E-state index contributed by atoms with van der Waals surface area (Å²) < 4.78 is 0. The fraction of sp³-hybridized carbons (Fsp3) is 0.600. The van der Waals surface area contributed by atoms with E-state index in [1.165, 1.54) is 6.42 Å². The Morgan fingerprint density at radius 1 is 1.53 bits per heavy atom. The molecule has 4 nitrogen and oxygen atoms in total. The number of hydrogen-bond acceptors (Lipinski definition) is 3. The maximum Gasteiger partial charge on any atom is 0.272 e. The Bertz CT molecular complexity index is 430. The Balaban J connectivity index is 1.91. The molecular formula is C15H23N3O. The number of carbonyl (C=O) groups excluding carboxylic acids is 1. The second kappa shape index (κ2) is 6.04. The van der Waals surface area contributed by atoms with Crippen molar-refractivity contribution in [1.82, 2.24) is 9.88 Å². The summed E-state index contributed by atoms with van der Waals surface area (Å²) in [4.78, 5) is 18.2. The van der Waals surface area contributed by atoms with Crippen LogP contribution < -0.4 is 5.32 Å². The summed E-state index contributed by atoms with van der Waals surface area (Å²) >= 11 is 0. The fourth-order valence-electron chi connectivity index (χ4n) is 2.18. The van der Waals surface area contributed by atoms with Gasteiger partial charge >= 0.3 is 0 Å². The molecule has 0 bridgehead atoms. The molecule has 2 rings (SSSR count). The molecule has 0 aromatic carbocycles. The van der Waals surface area contributed by atoms with Crippen molar-refractivity contribution in [2.75, 3.05) is 25.5 Å². The van der Waals surface area contributed by atoms with E-state index in [-0.39, 0.29) is 5.91 Å². The quantitative estimate of drug-likeness (QED) is 0.856. The molecule has 0 radical (unpaired) electrons. The van der Waals surface area contributed by atoms with Gasteiger partial charge in [-0.2, -0.15) is 0 Å². The summed E-state index contributed by atoms with van der Waals surface area (Å²) in [6.07, 6.45) is 4.05. The summed E-state index contributed by atoms with van der Waals surface area (Å²) in [6.45, 7) is 6.12. The highest BCUT2D eigenvalue weighted by Gasteiger charge is 2.34. The number of nitrogens with zero attached hydrogens (tertiary/aromatic N) is 2. The van der Waals surface area contributed by atoms with Crippen LogP contribution in [0.1, 0.15) is 37.2 Å². The summed E-state index contributed by atoms with van der Waals surface area (Å²) in [5.74, 6) is 1.46. The van der Waals surface area contributed by atoms with Crippen molar-refractivity contribution in [3.63, 3.8) is 0 Å². The molecule has 1 aliphatic carbocycles. The molecule has 1 aliphatic rings. The van der Waals surface area contributed by atoms with Gasteiger partial charge in [-0.25, -0.2) is 4.98 Å². The maximum absolute atomic E-state index is 12.2. The van der Waals surface area contributed by atoms with E-state index >= 15 is 0 Å². The normalized spacial score (nSPS) is 21.0. The van der Waals surface area contributed by atoms with Crippen LogP contribution in [-0.4, -0.2) is 35.9 Å². The molecule has 19 heavy (non-hydrogen) atoms. The van der Waals surface area contributed by atoms with Crippen molar-refractivity contribution in [3.05, 3.63) is 24.0 Å². The van der Waals surface area contributed by atoms with Gasteiger partial charge in [-0.05, 0) is 36.8 Å². The lowest BCUT2D eigenvalue weighted by Gasteiger charge is -2.16. The van der Waals surface area contributed by atoms with E-state index in [0.717, 1.165) is 31.1 Å². The zero-order chi connectivity index (χ0) is 13.8. The number of nitrogens with one attached hydrogen (secondary N) is 1. The van der Waals surface area contributed by atoms with Gasteiger partial charge in [0.2, 0.25) is 0 Å². The number of carbonyl (C=O) groups is 1. The molecule has 0 aliphatic heterocycles. The number of anilines is 1. The number of rotatable bonds is 6. The van der Waals surface area contributed by atoms with Crippen LogP contribution in [0.2, 0.25) is 0 Å². The van der Waals surface area contributed by atoms with Crippen molar-refractivity contribution in [3.8, 4) is 0 Å². The first-order valence-corrected chi connectivity index (χ1v) is 7.07. The number of hydrogen-bond donors (Lipinski definition) is 1. The zero-order valence-corrected chi connectivity index (χ0v) is 12.0. The van der Waals surface area contributed by atoms with Gasteiger partial charge < -0.3 is 10.2 Å². The third-order valence-electron chi connectivity index (χ3n) is 3.69. The topological polar surface area (TPSA) is 45.2 Å². The molecule has 1 amide bonds. The SMILES string of the molecule is CCCNc1ccc(C(=O)N(C)CC2CC2C)nc1. The lowest BCUT2D eigenvalue weighted by atomic mass is 10.2. The van der Waals surface area contributed by atoms with E-state index in [1.54, 1.807) is 17.2 Å². The van der Waals surface area contributed by atoms with Crippen LogP contribution in [0.5, 0.6) is 0 Å². The Kier molecular flexibility index (Phi) is 4.40. The molecule has 2 atom stereocenters. The molecule has 1 N–H and O–H groups in total. The molecule has 0 spiro atoms. The Hall–Kier alpha value is -1.58. The van der Waals surface area contributed by atoms with Crippen molar-refractivity contribution >= 4 is 11.6 Å². The first-order chi connectivity index (χ1) is 9.11. The van der Waals surface area contributed by atoms with Crippen LogP contribution in [0.3, 0.4) is 0 Å². The van der Waals surface area contributed by atoms with E-state index in [0.29, 0.717) is 11.6 Å². The highest BCUT2D eigenvalue weighted by molar-refractivity contribution is 5.92. The molecule has 1 fully saturated rings. The van der Waals surface area contributed by atoms with Gasteiger partial charge in [-0.3, -0.25) is 4.79 Å². The van der Waals surface area contributed by atoms with Gasteiger partial charge in [0.15, 0.2) is 0 Å². The van der Waals surface area contributed by atoms with Crippen LogP contribution in [0, 0.1) is 11.8 Å². The van der Waals surface area contributed by atoms with Crippen LogP contribution in [0.25, 0.3) is 0 Å². The minimum Gasteiger partial charge on any atom is -0.384 e. The smallest absolute Gasteiger partial charge is 0.272 e. The molecular weight excluding hydrogens is 238 g/mol. The number of amides is 1. The van der Waals surface area contributed by atoms with Crippen LogP contribution in [-0.2, 0) is 0 Å². The monoisotopic (exact) mass is 261 g/mol. The van der Waals surface area contributed by atoms with Gasteiger partial charge in [-0.15, -0.1) is 0 Å². The minimum atomic E-state index is 0.0149. The Labute approximate surface area is 115 Å². The van der Waals surface area contributed by atoms with Gasteiger partial charge in [-0.1, -0.05) is 13.8 Å². The third-order valence-corrected chi connectivity index (χ3v) is 3.69. The highest BCUT2D eigenvalue weighted by Crippen LogP contribution is 2.38. The van der Waals surface area contributed by atoms with Gasteiger partial charge in [0.25, 0.3) is 5.91 Å². The lowest BCUT2D eigenvalue weighted by Crippen LogP contribution is -2.29. The van der Waals surface area contributed by atoms with E-state index in [9.17, 15) is 4.79 Å².